The Bertz CT molecular complexity index is 187. The lowest BCUT2D eigenvalue weighted by molar-refractivity contribution is 0.558. The van der Waals surface area contributed by atoms with Gasteiger partial charge in [0.15, 0.2) is 0 Å². The van der Waals surface area contributed by atoms with Gasteiger partial charge in [0.25, 0.3) is 0 Å². The van der Waals surface area contributed by atoms with Crippen LogP contribution in [0.15, 0.2) is 0 Å². The van der Waals surface area contributed by atoms with Gasteiger partial charge in [-0.25, -0.2) is 0 Å². The van der Waals surface area contributed by atoms with Gasteiger partial charge in [-0.2, -0.15) is 0 Å². The third-order valence-corrected chi connectivity index (χ3v) is 3.05. The van der Waals surface area contributed by atoms with Crippen molar-refractivity contribution in [3.8, 4) is 11.8 Å². The monoisotopic (exact) mass is 237 g/mol. The predicted octanol–water partition coefficient (Wildman–Crippen LogP) is 4.52. The molecule has 0 aliphatic carbocycles. The average Bonchev–Trinajstić information content (AvgIpc) is 2.35. The summed E-state index contributed by atoms with van der Waals surface area (Å²) in [5, 5.41) is 3.03. The van der Waals surface area contributed by atoms with E-state index in [0.717, 1.165) is 13.0 Å². The summed E-state index contributed by atoms with van der Waals surface area (Å²) in [5.41, 5.74) is 0. The third-order valence-electron chi connectivity index (χ3n) is 3.05. The van der Waals surface area contributed by atoms with Crippen molar-refractivity contribution in [1.82, 2.24) is 5.32 Å². The lowest BCUT2D eigenvalue weighted by Crippen LogP contribution is -2.04. The number of rotatable bonds is 11. The molecule has 0 fully saturated rings. The molecule has 0 heterocycles. The van der Waals surface area contributed by atoms with Crippen molar-refractivity contribution >= 4 is 0 Å². The van der Waals surface area contributed by atoms with E-state index in [1.54, 1.807) is 0 Å². The van der Waals surface area contributed by atoms with Crippen molar-refractivity contribution in [3.63, 3.8) is 0 Å². The molecule has 0 rings (SSSR count). The maximum atomic E-state index is 3.20. The molecule has 1 heteroatoms. The van der Waals surface area contributed by atoms with Crippen LogP contribution in [0.2, 0.25) is 0 Å². The first-order valence-electron chi connectivity index (χ1n) is 7.52. The van der Waals surface area contributed by atoms with Crippen LogP contribution in [-0.2, 0) is 0 Å². The normalized spacial score (nSPS) is 10.0. The summed E-state index contributed by atoms with van der Waals surface area (Å²) >= 11 is 0. The highest BCUT2D eigenvalue weighted by Gasteiger charge is 1.91. The first-order chi connectivity index (χ1) is 8.41. The number of unbranched alkanes of at least 4 members (excludes halogenated alkanes) is 10. The predicted molar refractivity (Wildman–Crippen MR) is 78.2 cm³/mol. The molecule has 0 aromatic rings. The van der Waals surface area contributed by atoms with Crippen molar-refractivity contribution in [2.45, 2.75) is 77.6 Å². The molecule has 0 saturated heterocycles. The molecule has 1 nitrogen and oxygen atoms in total. The molecule has 0 bridgehead atoms. The fourth-order valence-corrected chi connectivity index (χ4v) is 1.94. The minimum Gasteiger partial charge on any atom is -0.309 e. The molecule has 17 heavy (non-hydrogen) atoms. The summed E-state index contributed by atoms with van der Waals surface area (Å²) in [6.07, 6.45) is 15.1. The van der Waals surface area contributed by atoms with Gasteiger partial charge in [-0.05, 0) is 13.5 Å². The Morgan fingerprint density at radius 3 is 1.76 bits per heavy atom. The second kappa shape index (κ2) is 15.5. The molecule has 0 aliphatic heterocycles. The van der Waals surface area contributed by atoms with E-state index in [4.69, 9.17) is 0 Å². The highest BCUT2D eigenvalue weighted by atomic mass is 14.8. The average molecular weight is 237 g/mol. The Morgan fingerprint density at radius 2 is 1.24 bits per heavy atom. The largest absolute Gasteiger partial charge is 0.309 e. The Kier molecular flexibility index (Phi) is 15.1. The van der Waals surface area contributed by atoms with Crippen molar-refractivity contribution < 1.29 is 0 Å². The van der Waals surface area contributed by atoms with E-state index < -0.39 is 0 Å². The summed E-state index contributed by atoms with van der Waals surface area (Å²) in [5.74, 6) is 6.30. The molecule has 100 valence electrons. The lowest BCUT2D eigenvalue weighted by atomic mass is 10.1. The molecule has 0 amide bonds. The van der Waals surface area contributed by atoms with Gasteiger partial charge in [-0.3, -0.25) is 0 Å². The van der Waals surface area contributed by atoms with E-state index >= 15 is 0 Å². The Morgan fingerprint density at radius 1 is 0.706 bits per heavy atom. The minimum absolute atomic E-state index is 0.831. The van der Waals surface area contributed by atoms with E-state index in [0.29, 0.717) is 0 Å². The van der Waals surface area contributed by atoms with E-state index in [9.17, 15) is 0 Å². The van der Waals surface area contributed by atoms with Crippen LogP contribution in [-0.4, -0.2) is 13.6 Å². The summed E-state index contributed by atoms with van der Waals surface area (Å²) in [6, 6.07) is 0. The van der Waals surface area contributed by atoms with Crippen molar-refractivity contribution in [1.29, 1.82) is 0 Å². The summed E-state index contributed by atoms with van der Waals surface area (Å²) in [6.45, 7) is 3.11. The first kappa shape index (κ1) is 16.5. The van der Waals surface area contributed by atoms with Gasteiger partial charge in [0, 0.05) is 6.42 Å². The quantitative estimate of drug-likeness (QED) is 0.411. The highest BCUT2D eigenvalue weighted by molar-refractivity contribution is 5.00. The van der Waals surface area contributed by atoms with Gasteiger partial charge in [0.05, 0.1) is 6.54 Å². The molecule has 0 aromatic heterocycles. The fraction of sp³-hybridized carbons (Fsp3) is 0.875. The zero-order valence-corrected chi connectivity index (χ0v) is 12.0. The number of hydrogen-bond acceptors (Lipinski definition) is 1. The van der Waals surface area contributed by atoms with Crippen LogP contribution in [0.25, 0.3) is 0 Å². The molecule has 1 N–H and O–H groups in total. The zero-order valence-electron chi connectivity index (χ0n) is 12.0. The molecular weight excluding hydrogens is 206 g/mol. The third kappa shape index (κ3) is 15.5. The van der Waals surface area contributed by atoms with Crippen LogP contribution in [0, 0.1) is 11.8 Å². The maximum Gasteiger partial charge on any atom is 0.0574 e. The van der Waals surface area contributed by atoms with Crippen LogP contribution >= 0.6 is 0 Å². The Labute approximate surface area is 109 Å². The van der Waals surface area contributed by atoms with Crippen LogP contribution in [0.4, 0.5) is 0 Å². The van der Waals surface area contributed by atoms with Gasteiger partial charge >= 0.3 is 0 Å². The topological polar surface area (TPSA) is 12.0 Å². The van der Waals surface area contributed by atoms with Crippen LogP contribution in [0.3, 0.4) is 0 Å². The van der Waals surface area contributed by atoms with E-state index in [1.807, 2.05) is 7.05 Å². The zero-order chi connectivity index (χ0) is 12.6. The second-order valence-corrected chi connectivity index (χ2v) is 4.82. The standard InChI is InChI=1S/C16H31N/c1-3-4-5-6-7-8-9-10-11-12-13-14-15-16-17-2/h17H,3-13,16H2,1-2H3. The van der Waals surface area contributed by atoms with Crippen molar-refractivity contribution in [3.05, 3.63) is 0 Å². The van der Waals surface area contributed by atoms with Crippen molar-refractivity contribution in [2.24, 2.45) is 0 Å². The smallest absolute Gasteiger partial charge is 0.0574 e. The lowest BCUT2D eigenvalue weighted by Gasteiger charge is -2.00. The molecular formula is C16H31N. The maximum absolute atomic E-state index is 3.20. The van der Waals surface area contributed by atoms with Gasteiger partial charge in [0.2, 0.25) is 0 Å². The molecule has 0 aromatic carbocycles. The number of hydrogen-bond donors (Lipinski definition) is 1. The molecule has 0 saturated carbocycles. The first-order valence-corrected chi connectivity index (χ1v) is 7.52. The van der Waals surface area contributed by atoms with E-state index in [1.165, 1.54) is 64.2 Å². The summed E-state index contributed by atoms with van der Waals surface area (Å²) in [7, 11) is 1.94. The molecule has 0 spiro atoms. The summed E-state index contributed by atoms with van der Waals surface area (Å²) in [4.78, 5) is 0. The molecule has 0 atom stereocenters. The van der Waals surface area contributed by atoms with Crippen LogP contribution in [0.1, 0.15) is 77.6 Å². The number of nitrogens with one attached hydrogen (secondary N) is 1. The summed E-state index contributed by atoms with van der Waals surface area (Å²) < 4.78 is 0. The van der Waals surface area contributed by atoms with Crippen molar-refractivity contribution in [2.75, 3.05) is 13.6 Å². The van der Waals surface area contributed by atoms with Gasteiger partial charge in [-0.1, -0.05) is 70.6 Å². The minimum atomic E-state index is 0.831. The Balaban J connectivity index is 2.97. The van der Waals surface area contributed by atoms with Crippen LogP contribution in [0.5, 0.6) is 0 Å². The van der Waals surface area contributed by atoms with Gasteiger partial charge < -0.3 is 5.32 Å². The second-order valence-electron chi connectivity index (χ2n) is 4.82. The molecule has 0 radical (unpaired) electrons. The van der Waals surface area contributed by atoms with Crippen LogP contribution < -0.4 is 5.32 Å². The van der Waals surface area contributed by atoms with E-state index in [2.05, 4.69) is 24.1 Å². The molecule has 0 aliphatic rings. The van der Waals surface area contributed by atoms with E-state index in [-0.39, 0.29) is 0 Å². The van der Waals surface area contributed by atoms with Gasteiger partial charge in [0.1, 0.15) is 0 Å². The van der Waals surface area contributed by atoms with Gasteiger partial charge in [-0.15, -0.1) is 5.92 Å². The SMILES string of the molecule is CCCCCCCCCCCCC#CCNC. The fourth-order valence-electron chi connectivity index (χ4n) is 1.94. The molecule has 0 unspecified atom stereocenters. The highest BCUT2D eigenvalue weighted by Crippen LogP contribution is 2.10. The Hall–Kier alpha value is -0.480.